The molecule has 4 nitrogen and oxygen atoms in total. The van der Waals surface area contributed by atoms with Gasteiger partial charge in [-0.15, -0.1) is 0 Å². The predicted molar refractivity (Wildman–Crippen MR) is 81.0 cm³/mol. The second-order valence-electron chi connectivity index (χ2n) is 5.37. The van der Waals surface area contributed by atoms with Crippen LogP contribution in [0.25, 0.3) is 10.9 Å². The molecule has 0 atom stereocenters. The number of hydrogen-bond acceptors (Lipinski definition) is 2. The van der Waals surface area contributed by atoms with Gasteiger partial charge >= 0.3 is 0 Å². The van der Waals surface area contributed by atoms with Crippen molar-refractivity contribution in [2.75, 3.05) is 6.54 Å². The molecule has 4 rings (SSSR count). The maximum atomic E-state index is 12.7. The van der Waals surface area contributed by atoms with Crippen molar-refractivity contribution in [1.82, 2.24) is 14.9 Å². The van der Waals surface area contributed by atoms with Gasteiger partial charge in [-0.1, -0.05) is 12.1 Å². The lowest BCUT2D eigenvalue weighted by molar-refractivity contribution is 0.0733. The molecule has 0 bridgehead atoms. The number of aromatic amines is 1. The monoisotopic (exact) mass is 277 g/mol. The second kappa shape index (κ2) is 4.74. The van der Waals surface area contributed by atoms with Gasteiger partial charge in [-0.25, -0.2) is 0 Å². The fourth-order valence-electron chi connectivity index (χ4n) is 2.90. The number of nitrogens with one attached hydrogen (secondary N) is 1. The van der Waals surface area contributed by atoms with Gasteiger partial charge in [0.15, 0.2) is 0 Å². The van der Waals surface area contributed by atoms with Gasteiger partial charge in [0, 0.05) is 48.7 Å². The van der Waals surface area contributed by atoms with Crippen molar-refractivity contribution in [2.45, 2.75) is 13.0 Å². The Morgan fingerprint density at radius 1 is 1.24 bits per heavy atom. The Hall–Kier alpha value is -2.62. The minimum absolute atomic E-state index is 0.0843. The van der Waals surface area contributed by atoms with E-state index in [0.717, 1.165) is 40.7 Å². The molecule has 0 saturated carbocycles. The van der Waals surface area contributed by atoms with E-state index in [0.29, 0.717) is 6.54 Å². The highest BCUT2D eigenvalue weighted by Gasteiger charge is 2.22. The van der Waals surface area contributed by atoms with Crippen LogP contribution in [0.2, 0.25) is 0 Å². The Kier molecular flexibility index (Phi) is 2.74. The fourth-order valence-corrected chi connectivity index (χ4v) is 2.90. The fraction of sp³-hybridized carbons (Fsp3) is 0.176. The number of pyridine rings is 1. The van der Waals surface area contributed by atoms with E-state index in [9.17, 15) is 4.79 Å². The Morgan fingerprint density at radius 3 is 3.14 bits per heavy atom. The summed E-state index contributed by atoms with van der Waals surface area (Å²) in [6, 6.07) is 11.8. The van der Waals surface area contributed by atoms with Crippen molar-refractivity contribution >= 4 is 16.8 Å². The predicted octanol–water partition coefficient (Wildman–Crippen LogP) is 2.76. The molecule has 0 unspecified atom stereocenters. The summed E-state index contributed by atoms with van der Waals surface area (Å²) in [7, 11) is 0. The highest BCUT2D eigenvalue weighted by Crippen LogP contribution is 2.20. The first-order chi connectivity index (χ1) is 10.3. The summed E-state index contributed by atoms with van der Waals surface area (Å²) in [5.41, 5.74) is 4.00. The van der Waals surface area contributed by atoms with Gasteiger partial charge < -0.3 is 9.88 Å². The van der Waals surface area contributed by atoms with Gasteiger partial charge in [-0.3, -0.25) is 9.78 Å². The number of carbonyl (C=O) groups excluding carboxylic acids is 1. The number of carbonyl (C=O) groups is 1. The molecule has 21 heavy (non-hydrogen) atoms. The summed E-state index contributed by atoms with van der Waals surface area (Å²) >= 11 is 0. The van der Waals surface area contributed by atoms with Crippen molar-refractivity contribution in [2.24, 2.45) is 0 Å². The van der Waals surface area contributed by atoms with E-state index < -0.39 is 0 Å². The molecule has 0 saturated heterocycles. The molecular formula is C17H15N3O. The summed E-state index contributed by atoms with van der Waals surface area (Å²) in [6.45, 7) is 1.37. The first-order valence-electron chi connectivity index (χ1n) is 7.10. The van der Waals surface area contributed by atoms with Crippen molar-refractivity contribution in [1.29, 1.82) is 0 Å². The van der Waals surface area contributed by atoms with Gasteiger partial charge in [-0.2, -0.15) is 0 Å². The number of benzene rings is 1. The lowest BCUT2D eigenvalue weighted by Crippen LogP contribution is -2.36. The van der Waals surface area contributed by atoms with Crippen molar-refractivity contribution in [3.63, 3.8) is 0 Å². The molecule has 3 heterocycles. The van der Waals surface area contributed by atoms with Crippen molar-refractivity contribution in [3.05, 3.63) is 65.6 Å². The van der Waals surface area contributed by atoms with Gasteiger partial charge in [0.2, 0.25) is 0 Å². The van der Waals surface area contributed by atoms with Crippen LogP contribution in [-0.2, 0) is 13.0 Å². The summed E-state index contributed by atoms with van der Waals surface area (Å²) in [4.78, 5) is 22.1. The summed E-state index contributed by atoms with van der Waals surface area (Å²) in [5, 5.41) is 1.12. The molecule has 1 N–H and O–H groups in total. The van der Waals surface area contributed by atoms with Crippen LogP contribution in [0.1, 0.15) is 21.6 Å². The number of H-pyrrole nitrogens is 1. The van der Waals surface area contributed by atoms with Crippen LogP contribution < -0.4 is 0 Å². The maximum Gasteiger partial charge on any atom is 0.254 e. The van der Waals surface area contributed by atoms with Gasteiger partial charge in [0.25, 0.3) is 5.91 Å². The third kappa shape index (κ3) is 2.09. The highest BCUT2D eigenvalue weighted by atomic mass is 16.2. The third-order valence-corrected chi connectivity index (χ3v) is 4.05. The first kappa shape index (κ1) is 12.1. The molecule has 4 heteroatoms. The lowest BCUT2D eigenvalue weighted by Gasteiger charge is -2.28. The molecule has 104 valence electrons. The van der Waals surface area contributed by atoms with Crippen LogP contribution in [0.3, 0.4) is 0 Å². The second-order valence-corrected chi connectivity index (χ2v) is 5.37. The van der Waals surface area contributed by atoms with E-state index in [4.69, 9.17) is 0 Å². The minimum Gasteiger partial charge on any atom is -0.361 e. The number of aromatic nitrogens is 2. The standard InChI is InChI=1S/C17H15N3O/c21-17(13-4-3-12-5-8-19-16(12)10-13)20-9-6-15-14(11-20)2-1-7-18-15/h1-5,7-8,10,19H,6,9,11H2. The van der Waals surface area contributed by atoms with E-state index in [-0.39, 0.29) is 5.91 Å². The van der Waals surface area contributed by atoms with Crippen LogP contribution in [0, 0.1) is 0 Å². The number of rotatable bonds is 1. The average Bonchev–Trinajstić information content (AvgIpc) is 3.01. The van der Waals surface area contributed by atoms with Gasteiger partial charge in [0.05, 0.1) is 0 Å². The topological polar surface area (TPSA) is 49.0 Å². The lowest BCUT2D eigenvalue weighted by atomic mass is 10.0. The molecule has 0 aliphatic carbocycles. The third-order valence-electron chi connectivity index (χ3n) is 4.05. The van der Waals surface area contributed by atoms with Crippen LogP contribution in [0.4, 0.5) is 0 Å². The number of fused-ring (bicyclic) bond motifs is 2. The Morgan fingerprint density at radius 2 is 2.19 bits per heavy atom. The van der Waals surface area contributed by atoms with Crippen LogP contribution in [0.15, 0.2) is 48.8 Å². The van der Waals surface area contributed by atoms with E-state index in [1.54, 1.807) is 0 Å². The SMILES string of the molecule is O=C(c1ccc2cc[nH]c2c1)N1CCc2ncccc2C1. The van der Waals surface area contributed by atoms with Gasteiger partial charge in [-0.05, 0) is 35.2 Å². The smallest absolute Gasteiger partial charge is 0.254 e. The zero-order valence-electron chi connectivity index (χ0n) is 11.5. The van der Waals surface area contributed by atoms with E-state index >= 15 is 0 Å². The Bertz CT molecular complexity index is 822. The van der Waals surface area contributed by atoms with Crippen molar-refractivity contribution < 1.29 is 4.79 Å². The molecule has 1 aliphatic heterocycles. The van der Waals surface area contributed by atoms with E-state index in [1.807, 2.05) is 47.6 Å². The molecule has 2 aromatic heterocycles. The molecule has 1 amide bonds. The van der Waals surface area contributed by atoms with Crippen LogP contribution >= 0.6 is 0 Å². The summed E-state index contributed by atoms with van der Waals surface area (Å²) in [5.74, 6) is 0.0843. The average molecular weight is 277 g/mol. The number of nitrogens with zero attached hydrogens (tertiary/aromatic N) is 2. The largest absolute Gasteiger partial charge is 0.361 e. The molecule has 1 aliphatic rings. The zero-order valence-corrected chi connectivity index (χ0v) is 11.5. The highest BCUT2D eigenvalue weighted by molar-refractivity contribution is 5.98. The molecule has 0 fully saturated rings. The number of hydrogen-bond donors (Lipinski definition) is 1. The minimum atomic E-state index is 0.0843. The van der Waals surface area contributed by atoms with Crippen LogP contribution in [0.5, 0.6) is 0 Å². The van der Waals surface area contributed by atoms with E-state index in [1.165, 1.54) is 0 Å². The molecule has 0 spiro atoms. The zero-order chi connectivity index (χ0) is 14.2. The van der Waals surface area contributed by atoms with E-state index in [2.05, 4.69) is 16.0 Å². The quantitative estimate of drug-likeness (QED) is 0.743. The number of amides is 1. The normalized spacial score (nSPS) is 14.2. The first-order valence-corrected chi connectivity index (χ1v) is 7.10. The van der Waals surface area contributed by atoms with Gasteiger partial charge in [0.1, 0.15) is 0 Å². The Balaban J connectivity index is 1.63. The molecule has 0 radical (unpaired) electrons. The van der Waals surface area contributed by atoms with Crippen molar-refractivity contribution in [3.8, 4) is 0 Å². The van der Waals surface area contributed by atoms with Crippen LogP contribution in [-0.4, -0.2) is 27.3 Å². The summed E-state index contributed by atoms with van der Waals surface area (Å²) in [6.07, 6.45) is 4.53. The molecular weight excluding hydrogens is 262 g/mol. The Labute approximate surface area is 122 Å². The summed E-state index contributed by atoms with van der Waals surface area (Å²) < 4.78 is 0. The maximum absolute atomic E-state index is 12.7. The molecule has 1 aromatic carbocycles. The molecule has 3 aromatic rings.